The highest BCUT2D eigenvalue weighted by Gasteiger charge is 2.45. The normalized spacial score (nSPS) is 24.2. The third kappa shape index (κ3) is 4.69. The van der Waals surface area contributed by atoms with Crippen molar-refractivity contribution in [3.63, 3.8) is 0 Å². The van der Waals surface area contributed by atoms with Gasteiger partial charge >= 0.3 is 6.09 Å². The summed E-state index contributed by atoms with van der Waals surface area (Å²) in [4.78, 5) is 13.9. The molecular weight excluding hydrogens is 310 g/mol. The van der Waals surface area contributed by atoms with E-state index in [0.717, 1.165) is 5.56 Å². The fourth-order valence-electron chi connectivity index (χ4n) is 2.91. The number of benzene rings is 1. The van der Waals surface area contributed by atoms with Crippen molar-refractivity contribution in [2.45, 2.75) is 57.6 Å². The summed E-state index contributed by atoms with van der Waals surface area (Å²) in [5, 5.41) is 19.4. The molecule has 6 heteroatoms. The van der Waals surface area contributed by atoms with Crippen LogP contribution in [-0.2, 0) is 16.1 Å². The van der Waals surface area contributed by atoms with Crippen LogP contribution < -0.4 is 0 Å². The summed E-state index contributed by atoms with van der Waals surface area (Å²) in [6.45, 7) is 5.31. The van der Waals surface area contributed by atoms with Gasteiger partial charge in [0.25, 0.3) is 0 Å². The molecule has 1 aliphatic rings. The van der Waals surface area contributed by atoms with Crippen LogP contribution >= 0.6 is 0 Å². The number of rotatable bonds is 5. The van der Waals surface area contributed by atoms with Gasteiger partial charge in [0, 0.05) is 0 Å². The quantitative estimate of drug-likeness (QED) is 0.858. The largest absolute Gasteiger partial charge is 0.444 e. The van der Waals surface area contributed by atoms with E-state index < -0.39 is 23.8 Å². The number of likely N-dealkylation sites (tertiary alicyclic amines) is 1. The van der Waals surface area contributed by atoms with Crippen LogP contribution in [0.3, 0.4) is 0 Å². The first-order chi connectivity index (χ1) is 11.4. The molecule has 0 aromatic heterocycles. The fraction of sp³-hybridized carbons (Fsp3) is 0.611. The van der Waals surface area contributed by atoms with Crippen LogP contribution in [0.4, 0.5) is 4.79 Å². The maximum absolute atomic E-state index is 12.4. The Morgan fingerprint density at radius 2 is 1.88 bits per heavy atom. The van der Waals surface area contributed by atoms with Crippen molar-refractivity contribution in [1.29, 1.82) is 0 Å². The Morgan fingerprint density at radius 3 is 2.42 bits per heavy atom. The number of ether oxygens (including phenoxy) is 2. The number of hydrogen-bond acceptors (Lipinski definition) is 5. The lowest BCUT2D eigenvalue weighted by atomic mass is 10.1. The number of carbonyl (C=O) groups excluding carboxylic acids is 1. The highest BCUT2D eigenvalue weighted by molar-refractivity contribution is 5.69. The van der Waals surface area contributed by atoms with Crippen LogP contribution in [0.2, 0.25) is 0 Å². The highest BCUT2D eigenvalue weighted by Crippen LogP contribution is 2.29. The van der Waals surface area contributed by atoms with Crippen LogP contribution in [0.15, 0.2) is 30.3 Å². The first-order valence-corrected chi connectivity index (χ1v) is 8.24. The van der Waals surface area contributed by atoms with E-state index in [1.165, 1.54) is 4.90 Å². The Balaban J connectivity index is 2.06. The summed E-state index contributed by atoms with van der Waals surface area (Å²) in [5.41, 5.74) is 0.380. The summed E-state index contributed by atoms with van der Waals surface area (Å²) >= 11 is 0. The lowest BCUT2D eigenvalue weighted by Crippen LogP contribution is -2.48. The van der Waals surface area contributed by atoms with Crippen molar-refractivity contribution in [1.82, 2.24) is 4.90 Å². The van der Waals surface area contributed by atoms with E-state index in [2.05, 4.69) is 0 Å². The summed E-state index contributed by atoms with van der Waals surface area (Å²) in [5.74, 6) is 0. The van der Waals surface area contributed by atoms with Crippen molar-refractivity contribution < 1.29 is 24.5 Å². The first kappa shape index (κ1) is 18.7. The van der Waals surface area contributed by atoms with Gasteiger partial charge in [-0.2, -0.15) is 0 Å². The Kier molecular flexibility index (Phi) is 6.21. The molecule has 1 heterocycles. The Morgan fingerprint density at radius 1 is 1.21 bits per heavy atom. The predicted molar refractivity (Wildman–Crippen MR) is 89.5 cm³/mol. The second kappa shape index (κ2) is 7.96. The number of nitrogens with zero attached hydrogens (tertiary/aromatic N) is 1. The number of carbonyl (C=O) groups is 1. The molecule has 1 aromatic rings. The molecule has 1 fully saturated rings. The van der Waals surface area contributed by atoms with Gasteiger partial charge in [-0.1, -0.05) is 30.3 Å². The maximum Gasteiger partial charge on any atom is 0.411 e. The predicted octanol–water partition coefficient (Wildman–Crippen LogP) is 1.93. The smallest absolute Gasteiger partial charge is 0.411 e. The summed E-state index contributed by atoms with van der Waals surface area (Å²) < 4.78 is 11.3. The molecule has 1 saturated heterocycles. The Labute approximate surface area is 143 Å². The van der Waals surface area contributed by atoms with Gasteiger partial charge in [0.2, 0.25) is 0 Å². The van der Waals surface area contributed by atoms with Gasteiger partial charge < -0.3 is 19.7 Å². The second-order valence-electron chi connectivity index (χ2n) is 7.04. The van der Waals surface area contributed by atoms with E-state index in [0.29, 0.717) is 13.0 Å². The molecular formula is C18H27NO5. The van der Waals surface area contributed by atoms with E-state index in [9.17, 15) is 15.0 Å². The molecule has 24 heavy (non-hydrogen) atoms. The molecule has 1 aliphatic heterocycles. The average Bonchev–Trinajstić information content (AvgIpc) is 2.90. The number of hydrogen-bond donors (Lipinski definition) is 2. The third-order valence-electron chi connectivity index (χ3n) is 3.99. The number of amides is 1. The topological polar surface area (TPSA) is 79.2 Å². The zero-order valence-electron chi connectivity index (χ0n) is 14.5. The maximum atomic E-state index is 12.4. The summed E-state index contributed by atoms with van der Waals surface area (Å²) in [6.07, 6.45) is -0.417. The van der Waals surface area contributed by atoms with E-state index in [4.69, 9.17) is 9.47 Å². The van der Waals surface area contributed by atoms with Gasteiger partial charge in [0.15, 0.2) is 0 Å². The minimum absolute atomic E-state index is 0.194. The van der Waals surface area contributed by atoms with Crippen molar-refractivity contribution in [3.05, 3.63) is 35.9 Å². The van der Waals surface area contributed by atoms with Gasteiger partial charge in [0.05, 0.1) is 38.0 Å². The van der Waals surface area contributed by atoms with Crippen LogP contribution in [0.25, 0.3) is 0 Å². The molecule has 1 amide bonds. The van der Waals surface area contributed by atoms with E-state index in [1.807, 2.05) is 30.3 Å². The molecule has 2 N–H and O–H groups in total. The van der Waals surface area contributed by atoms with E-state index >= 15 is 0 Å². The molecule has 0 aliphatic carbocycles. The molecule has 0 spiro atoms. The molecule has 3 atom stereocenters. The number of aliphatic hydroxyl groups excluding tert-OH is 2. The third-order valence-corrected chi connectivity index (χ3v) is 3.99. The number of aliphatic hydroxyl groups is 2. The molecule has 2 rings (SSSR count). The van der Waals surface area contributed by atoms with E-state index in [-0.39, 0.29) is 19.3 Å². The molecule has 1 aromatic carbocycles. The Bertz CT molecular complexity index is 528. The van der Waals surface area contributed by atoms with Crippen LogP contribution in [0, 0.1) is 0 Å². The van der Waals surface area contributed by atoms with Gasteiger partial charge in [-0.3, -0.25) is 4.90 Å². The lowest BCUT2D eigenvalue weighted by Gasteiger charge is -2.32. The molecule has 0 radical (unpaired) electrons. The molecule has 3 unspecified atom stereocenters. The lowest BCUT2D eigenvalue weighted by molar-refractivity contribution is -0.0221. The van der Waals surface area contributed by atoms with Gasteiger partial charge in [-0.05, 0) is 32.8 Å². The molecule has 0 saturated carbocycles. The minimum atomic E-state index is -0.639. The SMILES string of the molecule is CC(C)(C)OC(=O)N1C(CO)CC(OCc2ccccc2)C1CO. The molecule has 0 bridgehead atoms. The fourth-order valence-corrected chi connectivity index (χ4v) is 2.91. The highest BCUT2D eigenvalue weighted by atomic mass is 16.6. The zero-order valence-corrected chi connectivity index (χ0v) is 14.5. The monoisotopic (exact) mass is 337 g/mol. The van der Waals surface area contributed by atoms with Gasteiger partial charge in [-0.25, -0.2) is 4.79 Å². The first-order valence-electron chi connectivity index (χ1n) is 8.24. The summed E-state index contributed by atoms with van der Waals surface area (Å²) in [7, 11) is 0. The Hall–Kier alpha value is -1.63. The van der Waals surface area contributed by atoms with Gasteiger partial charge in [-0.15, -0.1) is 0 Å². The second-order valence-corrected chi connectivity index (χ2v) is 7.04. The standard InChI is InChI=1S/C18H27NO5/c1-18(2,3)24-17(22)19-14(10-20)9-16(15(19)11-21)23-12-13-7-5-4-6-8-13/h4-8,14-16,20-21H,9-12H2,1-3H3. The van der Waals surface area contributed by atoms with Gasteiger partial charge in [0.1, 0.15) is 5.60 Å². The molecule has 6 nitrogen and oxygen atoms in total. The van der Waals surface area contributed by atoms with Crippen molar-refractivity contribution in [3.8, 4) is 0 Å². The summed E-state index contributed by atoms with van der Waals surface area (Å²) in [6, 6.07) is 8.76. The zero-order chi connectivity index (χ0) is 17.7. The van der Waals surface area contributed by atoms with Crippen molar-refractivity contribution in [2.75, 3.05) is 13.2 Å². The van der Waals surface area contributed by atoms with Crippen LogP contribution in [0.1, 0.15) is 32.8 Å². The van der Waals surface area contributed by atoms with Crippen LogP contribution in [-0.4, -0.2) is 58.2 Å². The van der Waals surface area contributed by atoms with Crippen molar-refractivity contribution >= 4 is 6.09 Å². The molecule has 134 valence electrons. The van der Waals surface area contributed by atoms with Crippen molar-refractivity contribution in [2.24, 2.45) is 0 Å². The average molecular weight is 337 g/mol. The van der Waals surface area contributed by atoms with Crippen LogP contribution in [0.5, 0.6) is 0 Å². The van der Waals surface area contributed by atoms with E-state index in [1.54, 1.807) is 20.8 Å². The minimum Gasteiger partial charge on any atom is -0.444 e.